The van der Waals surface area contributed by atoms with E-state index in [1.54, 1.807) is 12.1 Å². The van der Waals surface area contributed by atoms with E-state index in [0.717, 1.165) is 25.1 Å². The van der Waals surface area contributed by atoms with Gasteiger partial charge in [-0.3, -0.25) is 0 Å². The summed E-state index contributed by atoms with van der Waals surface area (Å²) in [5.41, 5.74) is 0.299. The number of imidazole rings is 1. The molecule has 3 rings (SSSR count). The van der Waals surface area contributed by atoms with Crippen molar-refractivity contribution in [2.75, 3.05) is 20.6 Å². The molecule has 0 aliphatic heterocycles. The Balaban J connectivity index is 2.06. The van der Waals surface area contributed by atoms with Gasteiger partial charge in [-0.15, -0.1) is 0 Å². The van der Waals surface area contributed by atoms with Gasteiger partial charge in [-0.2, -0.15) is 13.2 Å². The van der Waals surface area contributed by atoms with Crippen molar-refractivity contribution in [3.63, 3.8) is 0 Å². The zero-order valence-corrected chi connectivity index (χ0v) is 13.5. The molecule has 3 aromatic rings. The Morgan fingerprint density at radius 3 is 2.62 bits per heavy atom. The Morgan fingerprint density at radius 1 is 1.21 bits per heavy atom. The van der Waals surface area contributed by atoms with Gasteiger partial charge in [0.05, 0.1) is 22.9 Å². The maximum Gasteiger partial charge on any atom is 0.416 e. The minimum absolute atomic E-state index is 0.320. The van der Waals surface area contributed by atoms with E-state index < -0.39 is 11.7 Å². The summed E-state index contributed by atoms with van der Waals surface area (Å²) in [6, 6.07) is 7.16. The monoisotopic (exact) mass is 337 g/mol. The molecule has 7 heteroatoms. The van der Waals surface area contributed by atoms with Gasteiger partial charge < -0.3 is 13.9 Å². The second-order valence-corrected chi connectivity index (χ2v) is 5.92. The Hall–Kier alpha value is -2.28. The number of nitrogens with zero attached hydrogens (tertiary/aromatic N) is 3. The maximum absolute atomic E-state index is 12.9. The van der Waals surface area contributed by atoms with Gasteiger partial charge in [-0.25, -0.2) is 4.98 Å². The number of hydrogen-bond donors (Lipinski definition) is 0. The number of aromatic nitrogens is 2. The van der Waals surface area contributed by atoms with Crippen molar-refractivity contribution >= 4 is 11.0 Å². The Labute approximate surface area is 137 Å². The highest BCUT2D eigenvalue weighted by atomic mass is 19.4. The molecule has 2 heterocycles. The maximum atomic E-state index is 12.9. The highest BCUT2D eigenvalue weighted by molar-refractivity contribution is 5.80. The van der Waals surface area contributed by atoms with Gasteiger partial charge >= 0.3 is 6.18 Å². The number of furan rings is 1. The summed E-state index contributed by atoms with van der Waals surface area (Å²) in [5, 5.41) is 0. The van der Waals surface area contributed by atoms with Gasteiger partial charge in [0.25, 0.3) is 0 Å². The number of rotatable bonds is 5. The summed E-state index contributed by atoms with van der Waals surface area (Å²) in [4.78, 5) is 6.45. The molecular formula is C17H18F3N3O. The van der Waals surface area contributed by atoms with Gasteiger partial charge in [0, 0.05) is 6.54 Å². The lowest BCUT2D eigenvalue weighted by Crippen LogP contribution is -2.15. The minimum atomic E-state index is -4.38. The van der Waals surface area contributed by atoms with Crippen LogP contribution in [0, 0.1) is 0 Å². The lowest BCUT2D eigenvalue weighted by Gasteiger charge is -2.12. The Bertz CT molecular complexity index is 820. The third kappa shape index (κ3) is 3.31. The molecule has 2 aromatic heterocycles. The van der Waals surface area contributed by atoms with Crippen LogP contribution in [0.1, 0.15) is 12.0 Å². The molecule has 0 saturated heterocycles. The van der Waals surface area contributed by atoms with Crippen LogP contribution in [0.4, 0.5) is 13.2 Å². The van der Waals surface area contributed by atoms with E-state index in [1.807, 2.05) is 18.7 Å². The normalized spacial score (nSPS) is 12.4. The molecule has 0 atom stereocenters. The third-order valence-corrected chi connectivity index (χ3v) is 3.80. The molecular weight excluding hydrogens is 319 g/mol. The number of benzene rings is 1. The fourth-order valence-electron chi connectivity index (χ4n) is 2.67. The number of alkyl halides is 3. The first kappa shape index (κ1) is 16.6. The van der Waals surface area contributed by atoms with E-state index in [0.29, 0.717) is 29.2 Å². The summed E-state index contributed by atoms with van der Waals surface area (Å²) in [5.74, 6) is 1.10. The van der Waals surface area contributed by atoms with Crippen LogP contribution in [-0.4, -0.2) is 35.1 Å². The Morgan fingerprint density at radius 2 is 2.00 bits per heavy atom. The van der Waals surface area contributed by atoms with Gasteiger partial charge in [0.15, 0.2) is 11.6 Å². The molecule has 0 unspecified atom stereocenters. The molecule has 0 aliphatic carbocycles. The van der Waals surface area contributed by atoms with E-state index in [1.165, 1.54) is 12.3 Å². The summed E-state index contributed by atoms with van der Waals surface area (Å²) in [6.45, 7) is 1.52. The molecule has 0 N–H and O–H groups in total. The molecule has 0 amide bonds. The van der Waals surface area contributed by atoms with Crippen LogP contribution in [0.2, 0.25) is 0 Å². The largest absolute Gasteiger partial charge is 0.461 e. The predicted molar refractivity (Wildman–Crippen MR) is 85.6 cm³/mol. The third-order valence-electron chi connectivity index (χ3n) is 3.80. The number of halogens is 3. The van der Waals surface area contributed by atoms with Gasteiger partial charge in [-0.1, -0.05) is 0 Å². The van der Waals surface area contributed by atoms with Crippen molar-refractivity contribution in [3.8, 4) is 11.6 Å². The summed E-state index contributed by atoms with van der Waals surface area (Å²) >= 11 is 0. The highest BCUT2D eigenvalue weighted by Gasteiger charge is 2.31. The quantitative estimate of drug-likeness (QED) is 0.697. The van der Waals surface area contributed by atoms with Crippen molar-refractivity contribution in [2.24, 2.45) is 0 Å². The fourth-order valence-corrected chi connectivity index (χ4v) is 2.67. The van der Waals surface area contributed by atoms with E-state index in [4.69, 9.17) is 4.42 Å². The van der Waals surface area contributed by atoms with E-state index >= 15 is 0 Å². The van der Waals surface area contributed by atoms with Crippen LogP contribution in [-0.2, 0) is 12.7 Å². The van der Waals surface area contributed by atoms with Crippen molar-refractivity contribution in [1.29, 1.82) is 0 Å². The van der Waals surface area contributed by atoms with E-state index in [-0.39, 0.29) is 0 Å². The second-order valence-electron chi connectivity index (χ2n) is 5.92. The smallest absolute Gasteiger partial charge is 0.416 e. The molecule has 24 heavy (non-hydrogen) atoms. The average molecular weight is 337 g/mol. The van der Waals surface area contributed by atoms with Crippen LogP contribution < -0.4 is 0 Å². The van der Waals surface area contributed by atoms with Crippen LogP contribution in [0.5, 0.6) is 0 Å². The second kappa shape index (κ2) is 6.32. The highest BCUT2D eigenvalue weighted by Crippen LogP contribution is 2.33. The molecule has 1 aromatic carbocycles. The van der Waals surface area contributed by atoms with Crippen molar-refractivity contribution in [1.82, 2.24) is 14.5 Å². The lowest BCUT2D eigenvalue weighted by atomic mass is 10.2. The number of fused-ring (bicyclic) bond motifs is 1. The zero-order valence-electron chi connectivity index (χ0n) is 13.5. The van der Waals surface area contributed by atoms with E-state index in [2.05, 4.69) is 9.88 Å². The van der Waals surface area contributed by atoms with Gasteiger partial charge in [-0.05, 0) is 57.4 Å². The van der Waals surface area contributed by atoms with Crippen molar-refractivity contribution in [2.45, 2.75) is 19.1 Å². The number of hydrogen-bond acceptors (Lipinski definition) is 3. The van der Waals surface area contributed by atoms with Gasteiger partial charge in [0.2, 0.25) is 0 Å². The van der Waals surface area contributed by atoms with Crippen LogP contribution in [0.25, 0.3) is 22.6 Å². The molecule has 0 radical (unpaired) electrons. The predicted octanol–water partition coefficient (Wildman–Crippen LogP) is 4.27. The fraction of sp³-hybridized carbons (Fsp3) is 0.353. The summed E-state index contributed by atoms with van der Waals surface area (Å²) < 4.78 is 46.1. The summed E-state index contributed by atoms with van der Waals surface area (Å²) in [6.07, 6.45) is -2.00. The first-order chi connectivity index (χ1) is 11.4. The molecule has 0 bridgehead atoms. The van der Waals surface area contributed by atoms with Crippen LogP contribution in [0.15, 0.2) is 41.0 Å². The van der Waals surface area contributed by atoms with Crippen molar-refractivity contribution in [3.05, 3.63) is 42.2 Å². The van der Waals surface area contributed by atoms with Crippen molar-refractivity contribution < 1.29 is 17.6 Å². The van der Waals surface area contributed by atoms with Crippen LogP contribution >= 0.6 is 0 Å². The average Bonchev–Trinajstić information content (AvgIpc) is 3.13. The first-order valence-corrected chi connectivity index (χ1v) is 7.62. The summed E-state index contributed by atoms with van der Waals surface area (Å²) in [7, 11) is 3.96. The van der Waals surface area contributed by atoms with Gasteiger partial charge in [0.1, 0.15) is 0 Å². The Kier molecular flexibility index (Phi) is 4.36. The molecule has 0 fully saturated rings. The van der Waals surface area contributed by atoms with E-state index in [9.17, 15) is 13.2 Å². The SMILES string of the molecule is CN(C)CCCn1c(-c2ccco2)nc2cc(C(F)(F)F)ccc21. The lowest BCUT2D eigenvalue weighted by molar-refractivity contribution is -0.137. The number of aryl methyl sites for hydroxylation is 1. The van der Waals surface area contributed by atoms with Crippen LogP contribution in [0.3, 0.4) is 0 Å². The topological polar surface area (TPSA) is 34.2 Å². The molecule has 0 aliphatic rings. The molecule has 0 saturated carbocycles. The standard InChI is InChI=1S/C17H18F3N3O/c1-22(2)8-4-9-23-14-7-6-12(17(18,19)20)11-13(14)21-16(23)15-5-3-10-24-15/h3,5-7,10-11H,4,8-9H2,1-2H3. The first-order valence-electron chi connectivity index (χ1n) is 7.62. The zero-order chi connectivity index (χ0) is 17.3. The molecule has 0 spiro atoms. The molecule has 4 nitrogen and oxygen atoms in total. The minimum Gasteiger partial charge on any atom is -0.461 e. The molecule has 128 valence electrons.